The Balaban J connectivity index is 2.51. The fourth-order valence-corrected chi connectivity index (χ4v) is 2.74. The van der Waals surface area contributed by atoms with Crippen LogP contribution in [0, 0.1) is 5.82 Å². The maximum absolute atomic E-state index is 13.8. The van der Waals surface area contributed by atoms with Gasteiger partial charge in [0.05, 0.1) is 19.2 Å². The molecular formula is C13H17ClFNO2. The van der Waals surface area contributed by atoms with Crippen molar-refractivity contribution in [1.29, 1.82) is 0 Å². The summed E-state index contributed by atoms with van der Waals surface area (Å²) in [4.78, 5) is 0. The molecule has 0 unspecified atom stereocenters. The first kappa shape index (κ1) is 13.4. The summed E-state index contributed by atoms with van der Waals surface area (Å²) in [6, 6.07) is 1.27. The second-order valence-electron chi connectivity index (χ2n) is 4.35. The van der Waals surface area contributed by atoms with Crippen LogP contribution in [0.5, 0.6) is 11.5 Å². The van der Waals surface area contributed by atoms with Crippen molar-refractivity contribution in [3.63, 3.8) is 0 Å². The highest BCUT2D eigenvalue weighted by molar-refractivity contribution is 6.31. The predicted molar refractivity (Wildman–Crippen MR) is 69.4 cm³/mol. The molecule has 0 saturated carbocycles. The lowest BCUT2D eigenvalue weighted by molar-refractivity contribution is 0.341. The molecule has 5 heteroatoms. The van der Waals surface area contributed by atoms with Gasteiger partial charge in [-0.3, -0.25) is 0 Å². The van der Waals surface area contributed by atoms with E-state index >= 15 is 0 Å². The van der Waals surface area contributed by atoms with E-state index in [1.165, 1.54) is 13.2 Å². The Hall–Kier alpha value is -1.00. The summed E-state index contributed by atoms with van der Waals surface area (Å²) < 4.78 is 24.3. The normalized spacial score (nSPS) is 16.7. The summed E-state index contributed by atoms with van der Waals surface area (Å²) >= 11 is 6.11. The lowest BCUT2D eigenvalue weighted by Crippen LogP contribution is -2.27. The molecule has 18 heavy (non-hydrogen) atoms. The molecule has 2 rings (SSSR count). The molecule has 1 saturated heterocycles. The van der Waals surface area contributed by atoms with E-state index in [2.05, 4.69) is 5.32 Å². The van der Waals surface area contributed by atoms with Crippen molar-refractivity contribution < 1.29 is 13.9 Å². The Bertz CT molecular complexity index is 433. The number of nitrogens with one attached hydrogen (secondary N) is 1. The van der Waals surface area contributed by atoms with E-state index in [1.807, 2.05) is 0 Å². The minimum atomic E-state index is -0.456. The zero-order valence-corrected chi connectivity index (χ0v) is 11.3. The van der Waals surface area contributed by atoms with Gasteiger partial charge in [-0.05, 0) is 31.8 Å². The maximum atomic E-state index is 13.8. The highest BCUT2D eigenvalue weighted by Gasteiger charge is 2.26. The van der Waals surface area contributed by atoms with E-state index in [0.29, 0.717) is 11.5 Å². The van der Waals surface area contributed by atoms with Crippen LogP contribution in [0.4, 0.5) is 4.39 Å². The summed E-state index contributed by atoms with van der Waals surface area (Å²) in [7, 11) is 3.05. The fourth-order valence-electron chi connectivity index (χ4n) is 2.44. The smallest absolute Gasteiger partial charge is 0.165 e. The van der Waals surface area contributed by atoms with Gasteiger partial charge >= 0.3 is 0 Å². The van der Waals surface area contributed by atoms with Crippen LogP contribution in [0.3, 0.4) is 0 Å². The third-order valence-electron chi connectivity index (χ3n) is 3.34. The quantitative estimate of drug-likeness (QED) is 0.918. The van der Waals surface area contributed by atoms with E-state index in [1.54, 1.807) is 7.11 Å². The van der Waals surface area contributed by atoms with Gasteiger partial charge in [0.2, 0.25) is 0 Å². The monoisotopic (exact) mass is 273 g/mol. The molecule has 1 aromatic rings. The lowest BCUT2D eigenvalue weighted by Gasteiger charge is -2.26. The number of piperidine rings is 1. The van der Waals surface area contributed by atoms with Crippen molar-refractivity contribution in [3.05, 3.63) is 22.5 Å². The maximum Gasteiger partial charge on any atom is 0.165 e. The van der Waals surface area contributed by atoms with Crippen molar-refractivity contribution in [2.45, 2.75) is 18.8 Å². The summed E-state index contributed by atoms with van der Waals surface area (Å²) in [5.74, 6) is 0.699. The fraction of sp³-hybridized carbons (Fsp3) is 0.538. The van der Waals surface area contributed by atoms with E-state index in [4.69, 9.17) is 21.1 Å². The molecule has 0 spiro atoms. The number of hydrogen-bond donors (Lipinski definition) is 1. The van der Waals surface area contributed by atoms with Gasteiger partial charge in [0.1, 0.15) is 5.82 Å². The summed E-state index contributed by atoms with van der Waals surface area (Å²) in [5.41, 5.74) is 0.734. The molecule has 1 fully saturated rings. The van der Waals surface area contributed by atoms with Gasteiger partial charge in [0.25, 0.3) is 0 Å². The molecule has 3 nitrogen and oxygen atoms in total. The van der Waals surface area contributed by atoms with Crippen molar-refractivity contribution >= 4 is 11.6 Å². The van der Waals surface area contributed by atoms with Crippen LogP contribution in [0.1, 0.15) is 24.3 Å². The van der Waals surface area contributed by atoms with Crippen molar-refractivity contribution in [3.8, 4) is 11.5 Å². The number of hydrogen-bond acceptors (Lipinski definition) is 3. The number of rotatable bonds is 3. The molecule has 0 aromatic heterocycles. The van der Waals surface area contributed by atoms with Gasteiger partial charge in [0, 0.05) is 11.6 Å². The van der Waals surface area contributed by atoms with E-state index in [0.717, 1.165) is 31.5 Å². The van der Waals surface area contributed by atoms with Crippen molar-refractivity contribution in [2.24, 2.45) is 0 Å². The standard InChI is InChI=1S/C13H17ClFNO2/c1-17-10-7-9(15)12(14)11(13(10)18-2)8-3-5-16-6-4-8/h7-8,16H,3-6H2,1-2H3. The minimum absolute atomic E-state index is 0.152. The molecular weight excluding hydrogens is 257 g/mol. The minimum Gasteiger partial charge on any atom is -0.493 e. The third kappa shape index (κ3) is 2.40. The second kappa shape index (κ2) is 5.76. The van der Waals surface area contributed by atoms with E-state index in [9.17, 15) is 4.39 Å². The molecule has 0 amide bonds. The molecule has 0 atom stereocenters. The van der Waals surface area contributed by atoms with Crippen LogP contribution in [0.15, 0.2) is 6.07 Å². The van der Waals surface area contributed by atoms with E-state index < -0.39 is 5.82 Å². The van der Waals surface area contributed by atoms with Crippen LogP contribution in [-0.2, 0) is 0 Å². The Kier molecular flexibility index (Phi) is 4.30. The van der Waals surface area contributed by atoms with Crippen LogP contribution < -0.4 is 14.8 Å². The SMILES string of the molecule is COc1cc(F)c(Cl)c(C2CCNCC2)c1OC. The first-order valence-corrected chi connectivity index (χ1v) is 6.37. The summed E-state index contributed by atoms with van der Waals surface area (Å²) in [5, 5.41) is 3.43. The van der Waals surface area contributed by atoms with Crippen molar-refractivity contribution in [2.75, 3.05) is 27.3 Å². The molecule has 0 radical (unpaired) electrons. The Morgan fingerprint density at radius 1 is 1.28 bits per heavy atom. The summed E-state index contributed by atoms with van der Waals surface area (Å²) in [6.07, 6.45) is 1.84. The van der Waals surface area contributed by atoms with Gasteiger partial charge in [0.15, 0.2) is 11.5 Å². The Morgan fingerprint density at radius 2 is 1.94 bits per heavy atom. The van der Waals surface area contributed by atoms with Crippen LogP contribution in [0.2, 0.25) is 5.02 Å². The Labute approximate surface area is 111 Å². The molecule has 100 valence electrons. The third-order valence-corrected chi connectivity index (χ3v) is 3.73. The van der Waals surface area contributed by atoms with Crippen LogP contribution in [0.25, 0.3) is 0 Å². The second-order valence-corrected chi connectivity index (χ2v) is 4.72. The first-order chi connectivity index (χ1) is 8.69. The average molecular weight is 274 g/mol. The van der Waals surface area contributed by atoms with Gasteiger partial charge < -0.3 is 14.8 Å². The van der Waals surface area contributed by atoms with Crippen LogP contribution in [-0.4, -0.2) is 27.3 Å². The van der Waals surface area contributed by atoms with Gasteiger partial charge in [-0.2, -0.15) is 0 Å². The zero-order chi connectivity index (χ0) is 13.1. The molecule has 1 aliphatic rings. The number of methoxy groups -OCH3 is 2. The number of benzene rings is 1. The topological polar surface area (TPSA) is 30.5 Å². The summed E-state index contributed by atoms with van der Waals surface area (Å²) in [6.45, 7) is 1.81. The number of ether oxygens (including phenoxy) is 2. The Morgan fingerprint density at radius 3 is 2.50 bits per heavy atom. The molecule has 1 aliphatic heterocycles. The predicted octanol–water partition coefficient (Wildman–Crippen LogP) is 2.96. The molecule has 0 bridgehead atoms. The average Bonchev–Trinajstić information content (AvgIpc) is 2.42. The van der Waals surface area contributed by atoms with Crippen molar-refractivity contribution in [1.82, 2.24) is 5.32 Å². The molecule has 1 heterocycles. The van der Waals surface area contributed by atoms with Gasteiger partial charge in [-0.25, -0.2) is 4.39 Å². The molecule has 1 aromatic carbocycles. The lowest BCUT2D eigenvalue weighted by atomic mass is 9.89. The van der Waals surface area contributed by atoms with Gasteiger partial charge in [-0.15, -0.1) is 0 Å². The largest absolute Gasteiger partial charge is 0.493 e. The van der Waals surface area contributed by atoms with E-state index in [-0.39, 0.29) is 10.9 Å². The zero-order valence-electron chi connectivity index (χ0n) is 10.6. The highest BCUT2D eigenvalue weighted by atomic mass is 35.5. The molecule has 1 N–H and O–H groups in total. The van der Waals surface area contributed by atoms with Gasteiger partial charge in [-0.1, -0.05) is 11.6 Å². The number of halogens is 2. The van der Waals surface area contributed by atoms with Crippen LogP contribution >= 0.6 is 11.6 Å². The highest BCUT2D eigenvalue weighted by Crippen LogP contribution is 2.44. The molecule has 0 aliphatic carbocycles. The first-order valence-electron chi connectivity index (χ1n) is 5.99.